The van der Waals surface area contributed by atoms with Crippen LogP contribution in [0.4, 0.5) is 39.3 Å². The Kier molecular flexibility index (Phi) is 37.6. The minimum absolute atomic E-state index is 0.0508. The number of benzene rings is 8. The quantitative estimate of drug-likeness (QED) is 0.0165. The first-order valence-electron chi connectivity index (χ1n) is 48.6. The fourth-order valence-corrected chi connectivity index (χ4v) is 16.3. The number of hydrogen-bond donors (Lipinski definition) is 8. The molecule has 4 aromatic heterocycles. The smallest absolute Gasteiger partial charge is 0.322 e. The van der Waals surface area contributed by atoms with Crippen LogP contribution < -0.4 is 57.2 Å². The van der Waals surface area contributed by atoms with E-state index in [1.54, 1.807) is 31.1 Å². The van der Waals surface area contributed by atoms with Crippen LogP contribution in [0.1, 0.15) is 159 Å². The number of nitrogens with one attached hydrogen (secondary N) is 7. The summed E-state index contributed by atoms with van der Waals surface area (Å²) in [6.07, 6.45) is 8.22. The monoisotopic (exact) mass is 1930 g/mol. The van der Waals surface area contributed by atoms with Crippen molar-refractivity contribution < 1.29 is 43.0 Å². The number of amides is 6. The molecule has 17 rings (SSSR count). The van der Waals surface area contributed by atoms with Gasteiger partial charge in [-0.15, -0.1) is 0 Å². The number of nitrogens with zero attached hydrogens (tertiary/aromatic N) is 18. The Bertz CT molecular complexity index is 6090. The SMILES string of the molecule is C=C1CN(Cc2nc(CCc3ccc(C)cc3)nc(NCc3ccc(CN)cc3)n2)C(=O)N1.C=C1CN(Cc2nc(CCc3ccc(C)cc3)nc(NCc3ccc(OC)cc3)n2)C(=O)N1.CCN(CC)Cc1ccc(CCc2nc(CN3CC(=O)CC3=O)nc(NCc3ccc(OC)cc3)n2)cc1.COc1ccc(CNc2nc(CN3CC(=O)CC3=O)nc(NCc3ccc(CN4CCCCC4)cc3)n2)cc1. The van der Waals surface area contributed by atoms with Gasteiger partial charge in [-0.1, -0.05) is 202 Å². The van der Waals surface area contributed by atoms with Gasteiger partial charge in [-0.25, -0.2) is 24.5 Å². The molecule has 0 spiro atoms. The van der Waals surface area contributed by atoms with Gasteiger partial charge in [0.1, 0.15) is 34.7 Å². The highest BCUT2D eigenvalue weighted by atomic mass is 16.5. The van der Waals surface area contributed by atoms with Crippen LogP contribution in [-0.2, 0) is 136 Å². The third-order valence-electron chi connectivity index (χ3n) is 24.6. The summed E-state index contributed by atoms with van der Waals surface area (Å²) in [6.45, 7) is 27.8. The second-order valence-electron chi connectivity index (χ2n) is 35.8. The Morgan fingerprint density at radius 2 is 0.615 bits per heavy atom. The van der Waals surface area contributed by atoms with Crippen LogP contribution in [0.2, 0.25) is 0 Å². The predicted molar refractivity (Wildman–Crippen MR) is 549 cm³/mol. The van der Waals surface area contributed by atoms with Gasteiger partial charge in [0.25, 0.3) is 0 Å². The Morgan fingerprint density at radius 3 is 0.923 bits per heavy atom. The Hall–Kier alpha value is -15.6. The first-order chi connectivity index (χ1) is 69.4. The van der Waals surface area contributed by atoms with Gasteiger partial charge in [-0.2, -0.15) is 44.9 Å². The Labute approximate surface area is 835 Å². The highest BCUT2D eigenvalue weighted by Gasteiger charge is 2.32. The number of Topliss-reactive ketones (excluding diaryl/α,β-unsaturated/α-hetero) is 2. The number of carbonyl (C=O) groups is 6. The van der Waals surface area contributed by atoms with Crippen molar-refractivity contribution >= 4 is 65.2 Å². The molecule has 35 nitrogen and oxygen atoms in total. The molecule has 5 fully saturated rings. The van der Waals surface area contributed by atoms with Crippen molar-refractivity contribution in [2.45, 2.75) is 177 Å². The predicted octanol–water partition coefficient (Wildman–Crippen LogP) is 13.5. The maximum absolute atomic E-state index is 12.2. The van der Waals surface area contributed by atoms with Crippen LogP contribution >= 0.6 is 0 Å². The van der Waals surface area contributed by atoms with Crippen molar-refractivity contribution in [1.82, 2.24) is 99.8 Å². The minimum Gasteiger partial charge on any atom is -0.497 e. The molecule has 9 heterocycles. The van der Waals surface area contributed by atoms with Crippen LogP contribution in [0.5, 0.6) is 17.2 Å². The number of urea groups is 2. The fraction of sp³-hybridized carbons (Fsp3) is 0.352. The number of piperidine rings is 1. The first-order valence-corrected chi connectivity index (χ1v) is 48.6. The summed E-state index contributed by atoms with van der Waals surface area (Å²) < 4.78 is 15.7. The van der Waals surface area contributed by atoms with Crippen molar-refractivity contribution in [3.63, 3.8) is 0 Å². The molecule has 9 N–H and O–H groups in total. The van der Waals surface area contributed by atoms with Gasteiger partial charge in [0.05, 0.1) is 86.5 Å². The number of hydrogen-bond acceptors (Lipinski definition) is 29. The van der Waals surface area contributed by atoms with E-state index in [2.05, 4.69) is 245 Å². The molecule has 35 heteroatoms. The van der Waals surface area contributed by atoms with E-state index < -0.39 is 0 Å². The maximum atomic E-state index is 12.2. The van der Waals surface area contributed by atoms with E-state index in [0.29, 0.717) is 167 Å². The van der Waals surface area contributed by atoms with Crippen LogP contribution in [0, 0.1) is 13.8 Å². The lowest BCUT2D eigenvalue weighted by atomic mass is 10.1. The van der Waals surface area contributed by atoms with Crippen molar-refractivity contribution in [3.8, 4) is 17.2 Å². The summed E-state index contributed by atoms with van der Waals surface area (Å²) in [5, 5.41) is 21.9. The molecule has 744 valence electrons. The molecule has 5 saturated heterocycles. The molecule has 0 aliphatic carbocycles. The highest BCUT2D eigenvalue weighted by Crippen LogP contribution is 2.25. The molecular formula is C108H128N26O9. The zero-order valence-corrected chi connectivity index (χ0v) is 82.6. The number of ether oxygens (including phenoxy) is 3. The summed E-state index contributed by atoms with van der Waals surface area (Å²) >= 11 is 0. The average Bonchev–Trinajstić information content (AvgIpc) is 1.80. The van der Waals surface area contributed by atoms with E-state index in [1.807, 2.05) is 97.1 Å². The second kappa shape index (κ2) is 52.0. The highest BCUT2D eigenvalue weighted by molar-refractivity contribution is 6.05. The number of ketones is 2. The number of carbonyl (C=O) groups excluding carboxylic acids is 6. The zero-order valence-electron chi connectivity index (χ0n) is 82.6. The molecule has 6 amide bonds. The average molecular weight is 1930 g/mol. The van der Waals surface area contributed by atoms with Gasteiger partial charge in [-0.05, 0) is 170 Å². The van der Waals surface area contributed by atoms with Crippen molar-refractivity contribution in [3.05, 3.63) is 332 Å². The second-order valence-corrected chi connectivity index (χ2v) is 35.8. The lowest BCUT2D eigenvalue weighted by Gasteiger charge is -2.26. The van der Waals surface area contributed by atoms with Crippen molar-refractivity contribution in [2.75, 3.05) is 100 Å². The zero-order chi connectivity index (χ0) is 100. The summed E-state index contributed by atoms with van der Waals surface area (Å²) in [4.78, 5) is 138. The van der Waals surface area contributed by atoms with Crippen molar-refractivity contribution in [2.24, 2.45) is 5.73 Å². The number of anilines is 5. The fourth-order valence-electron chi connectivity index (χ4n) is 16.3. The van der Waals surface area contributed by atoms with Gasteiger partial charge in [-0.3, -0.25) is 29.0 Å². The number of methoxy groups -OCH3 is 3. The Balaban J connectivity index is 0.000000152. The van der Waals surface area contributed by atoms with Crippen LogP contribution in [-0.4, -0.2) is 198 Å². The normalized spacial score (nSPS) is 14.0. The standard InChI is InChI=1S/C29H35N7O3.C29H36N6O3.C25H29N7O.C25H28N6O2/c1-39-25-11-9-22(10-12-25)17-31-29-33-26(20-36-19-24(37)15-27(36)38)32-28(34-29)30-16-21-5-7-23(8-6-21)18-35-13-3-2-4-14-35;1-4-34(5-2)18-23-8-6-21(7-9-23)12-15-26-31-27(20-35-19-24(36)16-28(35)37)33-29(32-26)30-17-22-10-13-25(38-3)14-11-22;1-17-3-5-19(6-4-17)11-12-22-29-23(16-32-15-18(2)28-25(32)33)31-24(30-22)27-14-21-9-7-20(13-26)8-10-21;1-17-4-6-19(7-5-17)10-13-22-28-23(16-31-15-18(2)27-25(31)32)30-24(29-22)26-14-20-8-11-21(33-3)12-9-20/h5-12H,2-4,13-20H2,1H3,(H2,30,31,32,33,34);6-11,13-14H,4-5,12,15-20H2,1-3H3,(H,30,31,32,33);3-10H,2,11-16,26H2,1H3,(H,28,33)(H,27,29,30,31);4-9,11-12H,2,10,13-16H2,1,3H3,(H,27,32)(H,26,28,29,30). The van der Waals surface area contributed by atoms with E-state index in [4.69, 9.17) is 19.9 Å². The number of aromatic nitrogens is 12. The molecule has 12 aromatic rings. The van der Waals surface area contributed by atoms with Crippen LogP contribution in [0.15, 0.2) is 219 Å². The van der Waals surface area contributed by atoms with E-state index in [1.165, 1.54) is 81.1 Å². The molecule has 5 aliphatic rings. The number of nitrogens with two attached hydrogens (primary N) is 1. The number of rotatable bonds is 42. The lowest BCUT2D eigenvalue weighted by Crippen LogP contribution is -2.29. The lowest BCUT2D eigenvalue weighted by molar-refractivity contribution is -0.129. The minimum atomic E-state index is -0.202. The van der Waals surface area contributed by atoms with Gasteiger partial charge in [0.2, 0.25) is 41.6 Å². The maximum Gasteiger partial charge on any atom is 0.322 e. The first kappa shape index (κ1) is 103. The molecule has 0 radical (unpaired) electrons. The molecule has 0 atom stereocenters. The summed E-state index contributed by atoms with van der Waals surface area (Å²) in [6, 6.07) is 65.3. The van der Waals surface area contributed by atoms with E-state index in [0.717, 1.165) is 96.1 Å². The summed E-state index contributed by atoms with van der Waals surface area (Å²) in [5.74, 6) is 8.13. The topological polar surface area (TPSA) is 414 Å². The molecular weight excluding hydrogens is 1810 g/mol. The Morgan fingerprint density at radius 1 is 0.329 bits per heavy atom. The number of likely N-dealkylation sites (tertiary alicyclic amines) is 3. The van der Waals surface area contributed by atoms with E-state index >= 15 is 0 Å². The van der Waals surface area contributed by atoms with Crippen LogP contribution in [0.3, 0.4) is 0 Å². The van der Waals surface area contributed by atoms with E-state index in [9.17, 15) is 28.8 Å². The van der Waals surface area contributed by atoms with Crippen molar-refractivity contribution in [1.29, 1.82) is 0 Å². The van der Waals surface area contributed by atoms with Gasteiger partial charge in [0, 0.05) is 83.0 Å². The molecule has 143 heavy (non-hydrogen) atoms. The number of aryl methyl sites for hydroxylation is 8. The third-order valence-corrected chi connectivity index (χ3v) is 24.6. The molecule has 0 unspecified atom stereocenters. The third kappa shape index (κ3) is 32.7. The van der Waals surface area contributed by atoms with Gasteiger partial charge in [0.15, 0.2) is 34.9 Å². The van der Waals surface area contributed by atoms with Crippen LogP contribution in [0.25, 0.3) is 0 Å². The molecule has 0 saturated carbocycles. The molecule has 0 bridgehead atoms. The summed E-state index contributed by atoms with van der Waals surface area (Å²) in [7, 11) is 4.92. The van der Waals surface area contributed by atoms with Gasteiger partial charge >= 0.3 is 12.1 Å². The summed E-state index contributed by atoms with van der Waals surface area (Å²) in [5.41, 5.74) is 22.3. The largest absolute Gasteiger partial charge is 0.497 e. The van der Waals surface area contributed by atoms with Gasteiger partial charge < -0.3 is 76.8 Å². The molecule has 5 aliphatic heterocycles. The van der Waals surface area contributed by atoms with E-state index in [-0.39, 0.29) is 74.5 Å². The molecule has 8 aromatic carbocycles.